The van der Waals surface area contributed by atoms with Crippen molar-refractivity contribution in [3.05, 3.63) is 0 Å². The Balaban J connectivity index is 4.99. The molecule has 0 amide bonds. The number of carboxylic acid groups (broad SMARTS) is 1. The molecular formula is C11H20O5. The largest absolute Gasteiger partial charge is 0.480 e. The van der Waals surface area contributed by atoms with Gasteiger partial charge in [0.2, 0.25) is 0 Å². The van der Waals surface area contributed by atoms with Crippen LogP contribution in [0.4, 0.5) is 0 Å². The van der Waals surface area contributed by atoms with Gasteiger partial charge in [0.25, 0.3) is 0 Å². The summed E-state index contributed by atoms with van der Waals surface area (Å²) in [6, 6.07) is 0. The van der Waals surface area contributed by atoms with Gasteiger partial charge in [-0.15, -0.1) is 0 Å². The first-order valence-corrected chi connectivity index (χ1v) is 5.53. The van der Waals surface area contributed by atoms with Crippen LogP contribution in [0.3, 0.4) is 0 Å². The Morgan fingerprint density at radius 2 is 1.88 bits per heavy atom. The molecule has 0 saturated heterocycles. The molecule has 0 aliphatic carbocycles. The molecule has 16 heavy (non-hydrogen) atoms. The molecule has 0 heterocycles. The standard InChI is InChI=1S/C11H20O5/c1-4-8(12)7-11(5-2,9(13)14)10(15)16-6-3/h8,12H,4-7H2,1-3H3,(H,13,14). The van der Waals surface area contributed by atoms with Gasteiger partial charge in [-0.1, -0.05) is 13.8 Å². The van der Waals surface area contributed by atoms with Crippen LogP contribution in [0.15, 0.2) is 0 Å². The number of aliphatic hydroxyl groups is 1. The quantitative estimate of drug-likeness (QED) is 0.509. The lowest BCUT2D eigenvalue weighted by molar-refractivity contribution is -0.171. The highest BCUT2D eigenvalue weighted by Gasteiger charge is 2.47. The van der Waals surface area contributed by atoms with Gasteiger partial charge in [0.15, 0.2) is 5.41 Å². The van der Waals surface area contributed by atoms with Gasteiger partial charge in [0, 0.05) is 6.42 Å². The van der Waals surface area contributed by atoms with E-state index < -0.39 is 23.5 Å². The summed E-state index contributed by atoms with van der Waals surface area (Å²) in [5.41, 5.74) is -1.62. The summed E-state index contributed by atoms with van der Waals surface area (Å²) in [6.45, 7) is 5.10. The molecule has 0 bridgehead atoms. The molecule has 0 rings (SSSR count). The molecule has 0 spiro atoms. The maximum atomic E-state index is 11.7. The molecule has 2 atom stereocenters. The number of hydrogen-bond donors (Lipinski definition) is 2. The van der Waals surface area contributed by atoms with Crippen LogP contribution < -0.4 is 0 Å². The number of rotatable bonds is 7. The minimum atomic E-state index is -1.62. The predicted octanol–water partition coefficient (Wildman–Crippen LogP) is 1.19. The minimum absolute atomic E-state index is 0.103. The summed E-state index contributed by atoms with van der Waals surface area (Å²) >= 11 is 0. The van der Waals surface area contributed by atoms with E-state index in [-0.39, 0.29) is 19.4 Å². The van der Waals surface area contributed by atoms with E-state index in [4.69, 9.17) is 9.84 Å². The molecule has 0 aromatic heterocycles. The number of aliphatic carboxylic acids is 1. The number of carbonyl (C=O) groups is 2. The van der Waals surface area contributed by atoms with E-state index in [2.05, 4.69) is 0 Å². The molecule has 0 radical (unpaired) electrons. The van der Waals surface area contributed by atoms with Gasteiger partial charge in [0.1, 0.15) is 0 Å². The first-order valence-electron chi connectivity index (χ1n) is 5.53. The number of aliphatic hydroxyl groups excluding tert-OH is 1. The fraction of sp³-hybridized carbons (Fsp3) is 0.818. The third kappa shape index (κ3) is 3.20. The zero-order valence-electron chi connectivity index (χ0n) is 10.0. The molecule has 0 aliphatic rings. The van der Waals surface area contributed by atoms with Gasteiger partial charge >= 0.3 is 11.9 Å². The van der Waals surface area contributed by atoms with Crippen LogP contribution >= 0.6 is 0 Å². The van der Waals surface area contributed by atoms with E-state index in [1.165, 1.54) is 0 Å². The average molecular weight is 232 g/mol. The number of esters is 1. The lowest BCUT2D eigenvalue weighted by atomic mass is 9.79. The first-order chi connectivity index (χ1) is 7.44. The highest BCUT2D eigenvalue weighted by atomic mass is 16.5. The lowest BCUT2D eigenvalue weighted by Gasteiger charge is -2.27. The van der Waals surface area contributed by atoms with Crippen LogP contribution in [0.2, 0.25) is 0 Å². The Kier molecular flexibility index (Phi) is 6.03. The second kappa shape index (κ2) is 6.48. The van der Waals surface area contributed by atoms with Crippen molar-refractivity contribution in [2.24, 2.45) is 5.41 Å². The zero-order valence-corrected chi connectivity index (χ0v) is 10.0. The number of hydrogen-bond acceptors (Lipinski definition) is 4. The Labute approximate surface area is 95.4 Å². The van der Waals surface area contributed by atoms with E-state index in [1.54, 1.807) is 20.8 Å². The molecule has 94 valence electrons. The lowest BCUT2D eigenvalue weighted by Crippen LogP contribution is -2.42. The third-order valence-corrected chi connectivity index (χ3v) is 2.73. The Morgan fingerprint density at radius 3 is 2.19 bits per heavy atom. The Hall–Kier alpha value is -1.10. The van der Waals surface area contributed by atoms with Crippen LogP contribution in [0.1, 0.15) is 40.0 Å². The van der Waals surface area contributed by atoms with Crippen LogP contribution in [-0.4, -0.2) is 34.9 Å². The van der Waals surface area contributed by atoms with Gasteiger partial charge in [-0.05, 0) is 19.8 Å². The molecule has 2 N–H and O–H groups in total. The van der Waals surface area contributed by atoms with Crippen LogP contribution in [0.25, 0.3) is 0 Å². The van der Waals surface area contributed by atoms with E-state index in [0.29, 0.717) is 6.42 Å². The van der Waals surface area contributed by atoms with Crippen LogP contribution in [0, 0.1) is 5.41 Å². The summed E-state index contributed by atoms with van der Waals surface area (Å²) in [5.74, 6) is -2.00. The fourth-order valence-electron chi connectivity index (χ4n) is 1.51. The SMILES string of the molecule is CCOC(=O)C(CC)(CC(O)CC)C(=O)O. The Morgan fingerprint density at radius 1 is 1.31 bits per heavy atom. The highest BCUT2D eigenvalue weighted by Crippen LogP contribution is 2.31. The molecule has 0 aliphatic heterocycles. The van der Waals surface area contributed by atoms with E-state index in [0.717, 1.165) is 0 Å². The van der Waals surface area contributed by atoms with Gasteiger partial charge < -0.3 is 14.9 Å². The van der Waals surface area contributed by atoms with Gasteiger partial charge in [0.05, 0.1) is 12.7 Å². The van der Waals surface area contributed by atoms with Gasteiger partial charge in [-0.3, -0.25) is 9.59 Å². The van der Waals surface area contributed by atoms with Crippen LogP contribution in [0.5, 0.6) is 0 Å². The van der Waals surface area contributed by atoms with Crippen molar-refractivity contribution >= 4 is 11.9 Å². The monoisotopic (exact) mass is 232 g/mol. The topological polar surface area (TPSA) is 83.8 Å². The van der Waals surface area contributed by atoms with Crippen molar-refractivity contribution in [1.29, 1.82) is 0 Å². The van der Waals surface area contributed by atoms with Crippen molar-refractivity contribution in [2.75, 3.05) is 6.61 Å². The fourth-order valence-corrected chi connectivity index (χ4v) is 1.51. The summed E-state index contributed by atoms with van der Waals surface area (Å²) in [4.78, 5) is 22.9. The zero-order chi connectivity index (χ0) is 12.8. The number of carboxylic acids is 1. The second-order valence-corrected chi connectivity index (χ2v) is 3.73. The summed E-state index contributed by atoms with van der Waals surface area (Å²) in [7, 11) is 0. The van der Waals surface area contributed by atoms with E-state index >= 15 is 0 Å². The normalized spacial score (nSPS) is 16.2. The van der Waals surface area contributed by atoms with E-state index in [1.807, 2.05) is 0 Å². The number of carbonyl (C=O) groups excluding carboxylic acids is 1. The predicted molar refractivity (Wildman–Crippen MR) is 57.9 cm³/mol. The minimum Gasteiger partial charge on any atom is -0.480 e. The maximum Gasteiger partial charge on any atom is 0.323 e. The van der Waals surface area contributed by atoms with Crippen LogP contribution in [-0.2, 0) is 14.3 Å². The molecule has 5 nitrogen and oxygen atoms in total. The van der Waals surface area contributed by atoms with Crippen molar-refractivity contribution in [3.63, 3.8) is 0 Å². The maximum absolute atomic E-state index is 11.7. The Bertz CT molecular complexity index is 251. The molecule has 5 heteroatoms. The number of ether oxygens (including phenoxy) is 1. The van der Waals surface area contributed by atoms with Crippen molar-refractivity contribution < 1.29 is 24.5 Å². The van der Waals surface area contributed by atoms with Gasteiger partial charge in [-0.25, -0.2) is 0 Å². The summed E-state index contributed by atoms with van der Waals surface area (Å²) < 4.78 is 4.77. The third-order valence-electron chi connectivity index (χ3n) is 2.73. The van der Waals surface area contributed by atoms with Gasteiger partial charge in [-0.2, -0.15) is 0 Å². The molecule has 0 aromatic carbocycles. The average Bonchev–Trinajstić information content (AvgIpc) is 2.25. The highest BCUT2D eigenvalue weighted by molar-refractivity contribution is 5.99. The second-order valence-electron chi connectivity index (χ2n) is 3.73. The molecule has 0 saturated carbocycles. The smallest absolute Gasteiger partial charge is 0.323 e. The van der Waals surface area contributed by atoms with Crippen molar-refractivity contribution in [1.82, 2.24) is 0 Å². The first kappa shape index (κ1) is 14.9. The summed E-state index contributed by atoms with van der Waals surface area (Å²) in [6.07, 6.45) is -0.388. The summed E-state index contributed by atoms with van der Waals surface area (Å²) in [5, 5.41) is 18.7. The van der Waals surface area contributed by atoms with E-state index in [9.17, 15) is 14.7 Å². The molecular weight excluding hydrogens is 212 g/mol. The molecule has 0 aromatic rings. The van der Waals surface area contributed by atoms with Crippen molar-refractivity contribution in [2.45, 2.75) is 46.1 Å². The van der Waals surface area contributed by atoms with Crippen molar-refractivity contribution in [3.8, 4) is 0 Å². The molecule has 0 fully saturated rings. The molecule has 2 unspecified atom stereocenters.